The lowest BCUT2D eigenvalue weighted by molar-refractivity contribution is -0.138. The van der Waals surface area contributed by atoms with Gasteiger partial charge >= 0.3 is 0 Å². The molecule has 0 saturated carbocycles. The maximum Gasteiger partial charge on any atom is 0.224 e. The van der Waals surface area contributed by atoms with Gasteiger partial charge in [-0.05, 0) is 12.1 Å². The Labute approximate surface area is 139 Å². The number of nitrogens with zero attached hydrogens (tertiary/aromatic N) is 4. The third kappa shape index (κ3) is 3.29. The Hall–Kier alpha value is -2.70. The van der Waals surface area contributed by atoms with Gasteiger partial charge in [-0.3, -0.25) is 19.1 Å². The van der Waals surface area contributed by atoms with Gasteiger partial charge in [-0.15, -0.1) is 0 Å². The summed E-state index contributed by atoms with van der Waals surface area (Å²) in [6, 6.07) is 7.26. The average molecular weight is 328 g/mol. The highest BCUT2D eigenvalue weighted by Gasteiger charge is 2.22. The van der Waals surface area contributed by atoms with E-state index >= 15 is 0 Å². The van der Waals surface area contributed by atoms with Crippen LogP contribution in [-0.2, 0) is 16.1 Å². The highest BCUT2D eigenvalue weighted by Crippen LogP contribution is 2.10. The van der Waals surface area contributed by atoms with Gasteiger partial charge in [0.15, 0.2) is 0 Å². The zero-order valence-electron chi connectivity index (χ0n) is 13.6. The van der Waals surface area contributed by atoms with E-state index in [1.54, 1.807) is 27.5 Å². The van der Waals surface area contributed by atoms with E-state index in [9.17, 15) is 14.4 Å². The number of rotatable bonds is 3. The second-order valence-corrected chi connectivity index (χ2v) is 5.89. The van der Waals surface area contributed by atoms with Crippen molar-refractivity contribution >= 4 is 22.7 Å². The Kier molecular flexibility index (Phi) is 4.59. The number of fused-ring (bicyclic) bond motifs is 1. The van der Waals surface area contributed by atoms with E-state index in [2.05, 4.69) is 5.10 Å². The van der Waals surface area contributed by atoms with Gasteiger partial charge in [-0.2, -0.15) is 5.10 Å². The number of aromatic nitrogens is 2. The molecule has 0 bridgehead atoms. The molecule has 24 heavy (non-hydrogen) atoms. The van der Waals surface area contributed by atoms with Crippen molar-refractivity contribution in [3.63, 3.8) is 0 Å². The van der Waals surface area contributed by atoms with Gasteiger partial charge in [0.1, 0.15) is 0 Å². The third-order valence-electron chi connectivity index (χ3n) is 4.38. The van der Waals surface area contributed by atoms with Crippen LogP contribution in [0.5, 0.6) is 0 Å². The normalized spacial score (nSPS) is 14.9. The molecule has 2 amide bonds. The first kappa shape index (κ1) is 16.2. The molecule has 0 N–H and O–H groups in total. The minimum Gasteiger partial charge on any atom is -0.339 e. The van der Waals surface area contributed by atoms with E-state index in [1.807, 2.05) is 18.2 Å². The summed E-state index contributed by atoms with van der Waals surface area (Å²) in [5.74, 6) is 0.0915. The largest absolute Gasteiger partial charge is 0.339 e. The molecule has 126 valence electrons. The van der Waals surface area contributed by atoms with E-state index in [1.165, 1.54) is 6.20 Å². The highest BCUT2D eigenvalue weighted by atomic mass is 16.2. The van der Waals surface area contributed by atoms with Crippen LogP contribution >= 0.6 is 0 Å². The fourth-order valence-corrected chi connectivity index (χ4v) is 2.97. The quantitative estimate of drug-likeness (QED) is 0.821. The van der Waals surface area contributed by atoms with Crippen LogP contribution < -0.4 is 5.43 Å². The molecule has 0 radical (unpaired) electrons. The Balaban J connectivity index is 1.64. The first-order valence-electron chi connectivity index (χ1n) is 8.04. The SMILES string of the molecule is CC(=O)N1CCN(C(=O)CCn2ncc(=O)c3ccccc32)CC1. The summed E-state index contributed by atoms with van der Waals surface area (Å²) in [6.45, 7) is 4.27. The molecule has 7 nitrogen and oxygen atoms in total. The summed E-state index contributed by atoms with van der Waals surface area (Å²) in [7, 11) is 0. The molecule has 0 unspecified atom stereocenters. The molecule has 3 rings (SSSR count). The van der Waals surface area contributed by atoms with Gasteiger partial charge in [-0.25, -0.2) is 0 Å². The number of piperazine rings is 1. The number of hydrogen-bond acceptors (Lipinski definition) is 4. The summed E-state index contributed by atoms with van der Waals surface area (Å²) in [4.78, 5) is 39.0. The highest BCUT2D eigenvalue weighted by molar-refractivity contribution is 5.79. The number of hydrogen-bond donors (Lipinski definition) is 0. The van der Waals surface area contributed by atoms with Gasteiger partial charge in [0, 0.05) is 44.9 Å². The van der Waals surface area contributed by atoms with Crippen LogP contribution in [0.4, 0.5) is 0 Å². The molecular weight excluding hydrogens is 308 g/mol. The van der Waals surface area contributed by atoms with Gasteiger partial charge in [-0.1, -0.05) is 12.1 Å². The molecule has 1 aliphatic rings. The predicted molar refractivity (Wildman–Crippen MR) is 89.5 cm³/mol. The second-order valence-electron chi connectivity index (χ2n) is 5.89. The van der Waals surface area contributed by atoms with Crippen LogP contribution in [0.2, 0.25) is 0 Å². The smallest absolute Gasteiger partial charge is 0.224 e. The minimum absolute atomic E-state index is 0.0442. The Bertz CT molecular complexity index is 822. The lowest BCUT2D eigenvalue weighted by atomic mass is 10.2. The van der Waals surface area contributed by atoms with Crippen molar-refractivity contribution < 1.29 is 9.59 Å². The number of amides is 2. The van der Waals surface area contributed by atoms with Gasteiger partial charge in [0.25, 0.3) is 0 Å². The Morgan fingerprint density at radius 3 is 2.46 bits per heavy atom. The molecule has 0 spiro atoms. The van der Waals surface area contributed by atoms with E-state index in [-0.39, 0.29) is 17.2 Å². The Morgan fingerprint density at radius 2 is 1.75 bits per heavy atom. The monoisotopic (exact) mass is 328 g/mol. The molecule has 1 aliphatic heterocycles. The van der Waals surface area contributed by atoms with Crippen molar-refractivity contribution in [3.8, 4) is 0 Å². The third-order valence-corrected chi connectivity index (χ3v) is 4.38. The molecule has 1 fully saturated rings. The predicted octanol–water partition coefficient (Wildman–Crippen LogP) is 0.477. The van der Waals surface area contributed by atoms with Crippen molar-refractivity contribution in [3.05, 3.63) is 40.7 Å². The lowest BCUT2D eigenvalue weighted by Crippen LogP contribution is -2.50. The van der Waals surface area contributed by atoms with E-state index in [0.717, 1.165) is 5.52 Å². The molecule has 1 aromatic carbocycles. The van der Waals surface area contributed by atoms with Crippen LogP contribution in [0.25, 0.3) is 10.9 Å². The summed E-state index contributed by atoms with van der Waals surface area (Å²) in [5.41, 5.74) is 0.618. The summed E-state index contributed by atoms with van der Waals surface area (Å²) in [5, 5.41) is 4.75. The van der Waals surface area contributed by atoms with Crippen LogP contribution in [0, 0.1) is 0 Å². The minimum atomic E-state index is -0.117. The Morgan fingerprint density at radius 1 is 1.08 bits per heavy atom. The maximum absolute atomic E-state index is 12.4. The fourth-order valence-electron chi connectivity index (χ4n) is 2.97. The van der Waals surface area contributed by atoms with E-state index in [0.29, 0.717) is 44.5 Å². The molecule has 1 aromatic heterocycles. The van der Waals surface area contributed by atoms with Gasteiger partial charge in [0.05, 0.1) is 18.3 Å². The topological polar surface area (TPSA) is 75.5 Å². The van der Waals surface area contributed by atoms with Crippen molar-refractivity contribution in [1.29, 1.82) is 0 Å². The van der Waals surface area contributed by atoms with Crippen molar-refractivity contribution in [2.75, 3.05) is 26.2 Å². The van der Waals surface area contributed by atoms with Crippen LogP contribution in [0.1, 0.15) is 13.3 Å². The molecule has 0 atom stereocenters. The van der Waals surface area contributed by atoms with Gasteiger partial charge in [0.2, 0.25) is 17.2 Å². The number of para-hydroxylation sites is 1. The van der Waals surface area contributed by atoms with Crippen molar-refractivity contribution in [2.45, 2.75) is 19.9 Å². The number of benzene rings is 1. The first-order chi connectivity index (χ1) is 11.6. The van der Waals surface area contributed by atoms with E-state index in [4.69, 9.17) is 0 Å². The van der Waals surface area contributed by atoms with Crippen LogP contribution in [0.3, 0.4) is 0 Å². The zero-order chi connectivity index (χ0) is 17.1. The molecule has 2 aromatic rings. The van der Waals surface area contributed by atoms with Crippen LogP contribution in [-0.4, -0.2) is 57.6 Å². The van der Waals surface area contributed by atoms with Crippen molar-refractivity contribution in [2.24, 2.45) is 0 Å². The standard InChI is InChI=1S/C17H20N4O3/c1-13(22)19-8-10-20(11-9-19)17(24)6-7-21-15-5-3-2-4-14(15)16(23)12-18-21/h2-5,12H,6-11H2,1H3. The first-order valence-corrected chi connectivity index (χ1v) is 8.04. The average Bonchev–Trinajstić information content (AvgIpc) is 2.61. The molecule has 1 saturated heterocycles. The number of carbonyl (C=O) groups is 2. The number of carbonyl (C=O) groups excluding carboxylic acids is 2. The number of aryl methyl sites for hydroxylation is 1. The van der Waals surface area contributed by atoms with Crippen LogP contribution in [0.15, 0.2) is 35.3 Å². The molecule has 0 aliphatic carbocycles. The van der Waals surface area contributed by atoms with E-state index < -0.39 is 0 Å². The summed E-state index contributed by atoms with van der Waals surface area (Å²) in [6.07, 6.45) is 1.61. The summed E-state index contributed by atoms with van der Waals surface area (Å²) < 4.78 is 1.69. The molecule has 7 heteroatoms. The summed E-state index contributed by atoms with van der Waals surface area (Å²) >= 11 is 0. The maximum atomic E-state index is 12.4. The second kappa shape index (κ2) is 6.82. The van der Waals surface area contributed by atoms with Gasteiger partial charge < -0.3 is 9.80 Å². The fraction of sp³-hybridized carbons (Fsp3) is 0.412. The lowest BCUT2D eigenvalue weighted by Gasteiger charge is -2.34. The molecule has 2 heterocycles. The van der Waals surface area contributed by atoms with Crippen molar-refractivity contribution in [1.82, 2.24) is 19.6 Å². The zero-order valence-corrected chi connectivity index (χ0v) is 13.6. The molecular formula is C17H20N4O3.